The van der Waals surface area contributed by atoms with E-state index in [4.69, 9.17) is 0 Å². The summed E-state index contributed by atoms with van der Waals surface area (Å²) in [5.41, 5.74) is 2.15. The van der Waals surface area contributed by atoms with Crippen molar-refractivity contribution in [2.75, 3.05) is 13.6 Å². The lowest BCUT2D eigenvalue weighted by Gasteiger charge is -2.24. The zero-order valence-corrected chi connectivity index (χ0v) is 8.52. The van der Waals surface area contributed by atoms with E-state index in [0.717, 1.165) is 24.9 Å². The standard InChI is InChI=1S/C12H16FN/c1-14-8-9-5-6-10-3-2-4-12(13)11(10)7-9/h2-4,9,14H,5-8H2,1H3. The Labute approximate surface area is 84.3 Å². The molecule has 0 fully saturated rings. The van der Waals surface area contributed by atoms with Crippen molar-refractivity contribution in [1.82, 2.24) is 5.32 Å². The van der Waals surface area contributed by atoms with Crippen molar-refractivity contribution in [3.63, 3.8) is 0 Å². The van der Waals surface area contributed by atoms with Crippen LogP contribution in [0.25, 0.3) is 0 Å². The Morgan fingerprint density at radius 3 is 3.14 bits per heavy atom. The number of halogens is 1. The third-order valence-electron chi connectivity index (χ3n) is 3.02. The van der Waals surface area contributed by atoms with Gasteiger partial charge in [-0.05, 0) is 56.0 Å². The monoisotopic (exact) mass is 193 g/mol. The van der Waals surface area contributed by atoms with Gasteiger partial charge in [-0.15, -0.1) is 0 Å². The first kappa shape index (κ1) is 9.66. The van der Waals surface area contributed by atoms with Crippen molar-refractivity contribution >= 4 is 0 Å². The van der Waals surface area contributed by atoms with E-state index in [2.05, 4.69) is 5.32 Å². The summed E-state index contributed by atoms with van der Waals surface area (Å²) in [6, 6.07) is 5.43. The third-order valence-corrected chi connectivity index (χ3v) is 3.02. The topological polar surface area (TPSA) is 12.0 Å². The highest BCUT2D eigenvalue weighted by molar-refractivity contribution is 5.31. The van der Waals surface area contributed by atoms with Gasteiger partial charge in [0.25, 0.3) is 0 Å². The fraction of sp³-hybridized carbons (Fsp3) is 0.500. The summed E-state index contributed by atoms with van der Waals surface area (Å²) < 4.78 is 13.5. The van der Waals surface area contributed by atoms with Crippen LogP contribution >= 0.6 is 0 Å². The van der Waals surface area contributed by atoms with Crippen LogP contribution in [0.1, 0.15) is 17.5 Å². The molecule has 0 bridgehead atoms. The zero-order chi connectivity index (χ0) is 9.97. The van der Waals surface area contributed by atoms with Gasteiger partial charge < -0.3 is 5.32 Å². The van der Waals surface area contributed by atoms with E-state index in [-0.39, 0.29) is 5.82 Å². The minimum absolute atomic E-state index is 0.0247. The second-order valence-corrected chi connectivity index (χ2v) is 4.04. The number of aryl methyl sites for hydroxylation is 1. The van der Waals surface area contributed by atoms with E-state index in [9.17, 15) is 4.39 Å². The molecule has 0 aromatic heterocycles. The molecule has 76 valence electrons. The smallest absolute Gasteiger partial charge is 0.126 e. The van der Waals surface area contributed by atoms with E-state index in [1.807, 2.05) is 19.2 Å². The predicted molar refractivity (Wildman–Crippen MR) is 55.8 cm³/mol. The minimum atomic E-state index is -0.0247. The summed E-state index contributed by atoms with van der Waals surface area (Å²) in [4.78, 5) is 0. The van der Waals surface area contributed by atoms with Crippen LogP contribution in [0.4, 0.5) is 4.39 Å². The number of rotatable bonds is 2. The summed E-state index contributed by atoms with van der Waals surface area (Å²) in [5, 5.41) is 3.17. The number of hydrogen-bond acceptors (Lipinski definition) is 1. The van der Waals surface area contributed by atoms with E-state index in [0.29, 0.717) is 5.92 Å². The van der Waals surface area contributed by atoms with Crippen LogP contribution in [0, 0.1) is 11.7 Å². The van der Waals surface area contributed by atoms with Crippen LogP contribution in [0.3, 0.4) is 0 Å². The summed E-state index contributed by atoms with van der Waals surface area (Å²) in [6.07, 6.45) is 3.10. The Kier molecular flexibility index (Phi) is 2.82. The van der Waals surface area contributed by atoms with Gasteiger partial charge in [-0.2, -0.15) is 0 Å². The van der Waals surface area contributed by atoms with Gasteiger partial charge in [0.05, 0.1) is 0 Å². The van der Waals surface area contributed by atoms with Crippen LogP contribution in [0.5, 0.6) is 0 Å². The molecule has 0 amide bonds. The first-order chi connectivity index (χ1) is 6.81. The molecule has 0 radical (unpaired) electrons. The normalized spacial score (nSPS) is 20.6. The highest BCUT2D eigenvalue weighted by atomic mass is 19.1. The molecule has 0 aliphatic heterocycles. The fourth-order valence-corrected chi connectivity index (χ4v) is 2.28. The Hall–Kier alpha value is -0.890. The molecular formula is C12H16FN. The van der Waals surface area contributed by atoms with Gasteiger partial charge >= 0.3 is 0 Å². The van der Waals surface area contributed by atoms with Gasteiger partial charge in [0.15, 0.2) is 0 Å². The highest BCUT2D eigenvalue weighted by Gasteiger charge is 2.20. The SMILES string of the molecule is CNCC1CCc2cccc(F)c2C1. The average molecular weight is 193 g/mol. The molecule has 0 heterocycles. The van der Waals surface area contributed by atoms with E-state index in [1.165, 1.54) is 12.0 Å². The molecule has 1 nitrogen and oxygen atoms in total. The molecule has 1 N–H and O–H groups in total. The lowest BCUT2D eigenvalue weighted by molar-refractivity contribution is 0.427. The molecule has 2 rings (SSSR count). The van der Waals surface area contributed by atoms with Crippen LogP contribution in [0.15, 0.2) is 18.2 Å². The summed E-state index contributed by atoms with van der Waals surface area (Å²) in [5.74, 6) is 0.577. The number of fused-ring (bicyclic) bond motifs is 1. The molecule has 1 aromatic rings. The average Bonchev–Trinajstić information content (AvgIpc) is 2.20. The van der Waals surface area contributed by atoms with Gasteiger partial charge in [0.1, 0.15) is 5.82 Å². The lowest BCUT2D eigenvalue weighted by atomic mass is 9.83. The van der Waals surface area contributed by atoms with Crippen LogP contribution < -0.4 is 5.32 Å². The van der Waals surface area contributed by atoms with Gasteiger partial charge in [0, 0.05) is 0 Å². The number of nitrogens with one attached hydrogen (secondary N) is 1. The zero-order valence-electron chi connectivity index (χ0n) is 8.52. The van der Waals surface area contributed by atoms with Crippen molar-refractivity contribution in [3.05, 3.63) is 35.1 Å². The summed E-state index contributed by atoms with van der Waals surface area (Å²) in [6.45, 7) is 0.994. The maximum absolute atomic E-state index is 13.5. The molecule has 2 heteroatoms. The van der Waals surface area contributed by atoms with E-state index < -0.39 is 0 Å². The van der Waals surface area contributed by atoms with Gasteiger partial charge in [-0.1, -0.05) is 12.1 Å². The molecule has 1 unspecified atom stereocenters. The van der Waals surface area contributed by atoms with Crippen LogP contribution in [0.2, 0.25) is 0 Å². The Morgan fingerprint density at radius 1 is 1.50 bits per heavy atom. The second-order valence-electron chi connectivity index (χ2n) is 4.04. The minimum Gasteiger partial charge on any atom is -0.319 e. The predicted octanol–water partition coefficient (Wildman–Crippen LogP) is 2.15. The molecule has 1 aliphatic rings. The summed E-state index contributed by atoms with van der Waals surface area (Å²) in [7, 11) is 1.96. The van der Waals surface area contributed by atoms with Crippen molar-refractivity contribution in [2.24, 2.45) is 5.92 Å². The van der Waals surface area contributed by atoms with Crippen molar-refractivity contribution in [3.8, 4) is 0 Å². The first-order valence-electron chi connectivity index (χ1n) is 5.22. The quantitative estimate of drug-likeness (QED) is 0.759. The van der Waals surface area contributed by atoms with E-state index in [1.54, 1.807) is 6.07 Å². The maximum atomic E-state index is 13.5. The fourth-order valence-electron chi connectivity index (χ4n) is 2.28. The molecule has 0 saturated carbocycles. The highest BCUT2D eigenvalue weighted by Crippen LogP contribution is 2.26. The Bertz CT molecular complexity index is 322. The van der Waals surface area contributed by atoms with Crippen molar-refractivity contribution in [2.45, 2.75) is 19.3 Å². The van der Waals surface area contributed by atoms with Gasteiger partial charge in [-0.25, -0.2) is 4.39 Å². The molecule has 14 heavy (non-hydrogen) atoms. The van der Waals surface area contributed by atoms with Gasteiger partial charge in [-0.3, -0.25) is 0 Å². The largest absolute Gasteiger partial charge is 0.319 e. The van der Waals surface area contributed by atoms with Gasteiger partial charge in [0.2, 0.25) is 0 Å². The number of benzene rings is 1. The Morgan fingerprint density at radius 2 is 2.36 bits per heavy atom. The van der Waals surface area contributed by atoms with Crippen LogP contribution in [-0.4, -0.2) is 13.6 Å². The molecule has 1 aliphatic carbocycles. The summed E-state index contributed by atoms with van der Waals surface area (Å²) >= 11 is 0. The molecule has 0 saturated heterocycles. The maximum Gasteiger partial charge on any atom is 0.126 e. The van der Waals surface area contributed by atoms with Crippen molar-refractivity contribution in [1.29, 1.82) is 0 Å². The Balaban J connectivity index is 2.20. The number of hydrogen-bond donors (Lipinski definition) is 1. The van der Waals surface area contributed by atoms with E-state index >= 15 is 0 Å². The second kappa shape index (κ2) is 4.09. The molecule has 0 spiro atoms. The third kappa shape index (κ3) is 1.80. The molecule has 1 aromatic carbocycles. The van der Waals surface area contributed by atoms with Crippen LogP contribution in [-0.2, 0) is 12.8 Å². The molecular weight excluding hydrogens is 177 g/mol. The van der Waals surface area contributed by atoms with Crippen molar-refractivity contribution < 1.29 is 4.39 Å². The lowest BCUT2D eigenvalue weighted by Crippen LogP contribution is -2.25. The first-order valence-corrected chi connectivity index (χ1v) is 5.22. The molecule has 1 atom stereocenters.